The van der Waals surface area contributed by atoms with E-state index in [1.54, 1.807) is 48.3 Å². The minimum absolute atomic E-state index is 0. The molecule has 2 saturated heterocycles. The summed E-state index contributed by atoms with van der Waals surface area (Å²) in [6.45, 7) is 9.39. The summed E-state index contributed by atoms with van der Waals surface area (Å²) in [7, 11) is 3.09. The van der Waals surface area contributed by atoms with Gasteiger partial charge in [0.2, 0.25) is 11.8 Å². The van der Waals surface area contributed by atoms with Gasteiger partial charge in [0.15, 0.2) is 34.6 Å². The third-order valence-corrected chi connectivity index (χ3v) is 12.4. The molecule has 0 bridgehead atoms. The Labute approximate surface area is 410 Å². The van der Waals surface area contributed by atoms with Gasteiger partial charge < -0.3 is 39.4 Å². The van der Waals surface area contributed by atoms with Crippen LogP contribution in [0.1, 0.15) is 25.7 Å². The average molecular weight is 1020 g/mol. The first-order chi connectivity index (χ1) is 31.8. The number of halogens is 7. The molecule has 0 unspecified atom stereocenters. The molecular weight excluding hydrogens is 976 g/mol. The summed E-state index contributed by atoms with van der Waals surface area (Å²) in [6, 6.07) is 12.9. The highest BCUT2D eigenvalue weighted by Crippen LogP contribution is 2.40. The molecule has 2 aliphatic rings. The predicted molar refractivity (Wildman–Crippen MR) is 260 cm³/mol. The molecule has 352 valence electrons. The number of hydrogen-bond acceptors (Lipinski definition) is 12. The Morgan fingerprint density at radius 3 is 1.34 bits per heavy atom. The molecule has 2 N–H and O–H groups in total. The normalized spacial score (nSPS) is 14.0. The first-order valence-corrected chi connectivity index (χ1v) is 22.0. The van der Waals surface area contributed by atoms with Crippen molar-refractivity contribution in [2.75, 3.05) is 51.0 Å². The Morgan fingerprint density at radius 1 is 0.627 bits per heavy atom. The number of fused-ring (bicyclic) bond motifs is 2. The van der Waals surface area contributed by atoms with E-state index in [0.29, 0.717) is 108 Å². The van der Waals surface area contributed by atoms with Crippen molar-refractivity contribution in [1.82, 2.24) is 29.7 Å². The van der Waals surface area contributed by atoms with Crippen LogP contribution in [0, 0.1) is 11.6 Å². The van der Waals surface area contributed by atoms with Gasteiger partial charge in [0.05, 0.1) is 56.7 Å². The maximum atomic E-state index is 14.6. The van der Waals surface area contributed by atoms with Gasteiger partial charge in [-0.25, -0.2) is 28.7 Å². The highest BCUT2D eigenvalue weighted by Gasteiger charge is 2.26. The Balaban J connectivity index is 0.000000218. The standard InChI is InChI=1S/2C23H21Cl2FN4O3.ClH/c2*1-3-20(31)30-8-6-13(7-9-30)33-19-10-14-17(11-18(19)32-2)27-12-28-23(14)29-16-5-4-15(24)21(25)22(16)26;/h2*3-5,10-13H,1,6-9H2,2H3,(H,27,28,29);1H. The van der Waals surface area contributed by atoms with E-state index in [-0.39, 0.29) is 67.9 Å². The van der Waals surface area contributed by atoms with E-state index >= 15 is 0 Å². The number of hydrogen-bond donors (Lipinski definition) is 2. The molecule has 6 aromatic rings. The molecule has 2 fully saturated rings. The van der Waals surface area contributed by atoms with Gasteiger partial charge in [-0.1, -0.05) is 59.6 Å². The number of ether oxygens (including phenoxy) is 4. The summed E-state index contributed by atoms with van der Waals surface area (Å²) in [4.78, 5) is 44.2. The molecule has 2 aromatic heterocycles. The number of aromatic nitrogens is 4. The maximum absolute atomic E-state index is 14.6. The number of nitrogens with zero attached hydrogens (tertiary/aromatic N) is 6. The summed E-state index contributed by atoms with van der Waals surface area (Å²) >= 11 is 23.6. The summed E-state index contributed by atoms with van der Waals surface area (Å²) in [5.41, 5.74) is 1.43. The number of likely N-dealkylation sites (tertiary alicyclic amines) is 2. The lowest BCUT2D eigenvalue weighted by molar-refractivity contribution is -0.128. The molecular formula is C46H43Cl5F2N8O6. The Bertz CT molecular complexity index is 2620. The van der Waals surface area contributed by atoms with Crippen molar-refractivity contribution >= 4 is 115 Å². The molecule has 21 heteroatoms. The van der Waals surface area contributed by atoms with E-state index < -0.39 is 11.6 Å². The second-order valence-corrected chi connectivity index (χ2v) is 16.4. The molecule has 8 rings (SSSR count). The highest BCUT2D eigenvalue weighted by molar-refractivity contribution is 6.42. The zero-order valence-corrected chi connectivity index (χ0v) is 39.8. The van der Waals surface area contributed by atoms with Crippen LogP contribution < -0.4 is 29.6 Å². The second kappa shape index (κ2) is 22.7. The van der Waals surface area contributed by atoms with Gasteiger partial charge >= 0.3 is 0 Å². The molecule has 0 radical (unpaired) electrons. The number of anilines is 4. The Morgan fingerprint density at radius 2 is 1.00 bits per heavy atom. The molecule has 0 aliphatic carbocycles. The van der Waals surface area contributed by atoms with Crippen LogP contribution in [-0.2, 0) is 9.59 Å². The molecule has 67 heavy (non-hydrogen) atoms. The Kier molecular flexibility index (Phi) is 17.1. The van der Waals surface area contributed by atoms with Gasteiger partial charge in [-0.3, -0.25) is 9.59 Å². The van der Waals surface area contributed by atoms with Crippen molar-refractivity contribution in [3.05, 3.63) is 118 Å². The van der Waals surface area contributed by atoms with Crippen molar-refractivity contribution in [2.24, 2.45) is 0 Å². The van der Waals surface area contributed by atoms with Crippen molar-refractivity contribution in [3.8, 4) is 23.0 Å². The van der Waals surface area contributed by atoms with Gasteiger partial charge in [0.1, 0.15) is 36.5 Å². The number of amides is 2. The van der Waals surface area contributed by atoms with E-state index in [1.165, 1.54) is 49.1 Å². The first-order valence-electron chi connectivity index (χ1n) is 20.4. The van der Waals surface area contributed by atoms with Gasteiger partial charge in [-0.15, -0.1) is 12.4 Å². The predicted octanol–water partition coefficient (Wildman–Crippen LogP) is 11.2. The van der Waals surface area contributed by atoms with Crippen molar-refractivity contribution in [2.45, 2.75) is 37.9 Å². The third kappa shape index (κ3) is 11.6. The number of rotatable bonds is 12. The molecule has 0 saturated carbocycles. The van der Waals surface area contributed by atoms with Crippen molar-refractivity contribution < 1.29 is 37.3 Å². The highest BCUT2D eigenvalue weighted by atomic mass is 35.5. The molecule has 0 spiro atoms. The minimum Gasteiger partial charge on any atom is -0.493 e. The fourth-order valence-corrected chi connectivity index (χ4v) is 7.96. The van der Waals surface area contributed by atoms with Crippen LogP contribution in [0.4, 0.5) is 31.8 Å². The average Bonchev–Trinajstić information content (AvgIpc) is 3.34. The van der Waals surface area contributed by atoms with Gasteiger partial charge in [0, 0.05) is 74.8 Å². The van der Waals surface area contributed by atoms with E-state index in [2.05, 4.69) is 43.7 Å². The minimum atomic E-state index is -0.679. The van der Waals surface area contributed by atoms with Gasteiger partial charge in [0.25, 0.3) is 0 Å². The number of benzene rings is 4. The fraction of sp³-hybridized carbons (Fsp3) is 0.261. The third-order valence-electron chi connectivity index (χ3n) is 10.9. The second-order valence-electron chi connectivity index (χ2n) is 14.9. The largest absolute Gasteiger partial charge is 0.493 e. The summed E-state index contributed by atoms with van der Waals surface area (Å²) in [5, 5.41) is 7.02. The van der Waals surface area contributed by atoms with Crippen LogP contribution in [0.2, 0.25) is 20.1 Å². The molecule has 14 nitrogen and oxygen atoms in total. The van der Waals surface area contributed by atoms with Crippen LogP contribution in [0.5, 0.6) is 23.0 Å². The molecule has 0 atom stereocenters. The number of carbonyl (C=O) groups is 2. The number of methoxy groups -OCH3 is 2. The van der Waals surface area contributed by atoms with Crippen molar-refractivity contribution in [1.29, 1.82) is 0 Å². The van der Waals surface area contributed by atoms with E-state index in [4.69, 9.17) is 65.4 Å². The zero-order chi connectivity index (χ0) is 47.1. The SMILES string of the molecule is C=CC(=O)N1CCC(Oc2cc3c(Nc4ccc(Cl)c(Cl)c4F)ncnc3cc2OC)CC1.C=CC(=O)N1CCC(Oc2cc3c(Nc4ccc(Cl)c(Cl)c4F)ncnc3cc2OC)CC1.Cl. The van der Waals surface area contributed by atoms with E-state index in [9.17, 15) is 18.4 Å². The van der Waals surface area contributed by atoms with Gasteiger partial charge in [-0.2, -0.15) is 0 Å². The summed E-state index contributed by atoms with van der Waals surface area (Å²) in [5.74, 6) is 1.25. The zero-order valence-electron chi connectivity index (χ0n) is 36.0. The lowest BCUT2D eigenvalue weighted by atomic mass is 10.1. The first kappa shape index (κ1) is 50.5. The molecule has 2 amide bonds. The summed E-state index contributed by atoms with van der Waals surface area (Å²) in [6.07, 6.45) is 7.86. The van der Waals surface area contributed by atoms with Gasteiger partial charge in [-0.05, 0) is 48.6 Å². The Hall–Kier alpha value is -5.91. The van der Waals surface area contributed by atoms with E-state index in [0.717, 1.165) is 0 Å². The van der Waals surface area contributed by atoms with Crippen LogP contribution in [0.15, 0.2) is 86.5 Å². The lowest BCUT2D eigenvalue weighted by Crippen LogP contribution is -2.41. The van der Waals surface area contributed by atoms with Crippen LogP contribution >= 0.6 is 58.8 Å². The molecule has 2 aliphatic heterocycles. The van der Waals surface area contributed by atoms with Crippen LogP contribution in [0.3, 0.4) is 0 Å². The molecule has 4 heterocycles. The lowest BCUT2D eigenvalue weighted by Gasteiger charge is -2.31. The van der Waals surface area contributed by atoms with Crippen molar-refractivity contribution in [3.63, 3.8) is 0 Å². The quantitative estimate of drug-likeness (QED) is 0.0886. The number of piperidine rings is 2. The monoisotopic (exact) mass is 1020 g/mol. The number of carbonyl (C=O) groups excluding carboxylic acids is 2. The maximum Gasteiger partial charge on any atom is 0.245 e. The topological polar surface area (TPSA) is 153 Å². The summed E-state index contributed by atoms with van der Waals surface area (Å²) < 4.78 is 52.6. The van der Waals surface area contributed by atoms with Crippen LogP contribution in [-0.4, -0.2) is 94.2 Å². The van der Waals surface area contributed by atoms with Crippen LogP contribution in [0.25, 0.3) is 21.8 Å². The number of nitrogens with one attached hydrogen (secondary N) is 2. The molecule has 4 aromatic carbocycles. The fourth-order valence-electron chi connectivity index (χ4n) is 7.34. The smallest absolute Gasteiger partial charge is 0.245 e. The van der Waals surface area contributed by atoms with E-state index in [1.807, 2.05) is 0 Å².